The van der Waals surface area contributed by atoms with Crippen LogP contribution in [0.4, 0.5) is 4.79 Å². The summed E-state index contributed by atoms with van der Waals surface area (Å²) in [6, 6.07) is 12.0. The molecule has 12 heteroatoms. The van der Waals surface area contributed by atoms with Crippen molar-refractivity contribution >= 4 is 22.8 Å². The predicted octanol–water partition coefficient (Wildman–Crippen LogP) is 4.03. The molecule has 1 aromatic carbocycles. The molecular formula is C30H43N5O6S. The number of ether oxygens (including phenoxy) is 1. The van der Waals surface area contributed by atoms with Crippen molar-refractivity contribution in [1.82, 2.24) is 25.2 Å². The van der Waals surface area contributed by atoms with Crippen LogP contribution in [-0.2, 0) is 4.79 Å². The first kappa shape index (κ1) is 30.6. The number of benzene rings is 1. The lowest BCUT2D eigenvalue weighted by Crippen LogP contribution is -2.56. The molecule has 7 atom stereocenters. The molecule has 2 aliphatic heterocycles. The highest BCUT2D eigenvalue weighted by molar-refractivity contribution is 8.22. The van der Waals surface area contributed by atoms with E-state index in [1.165, 1.54) is 7.11 Å². The van der Waals surface area contributed by atoms with Crippen LogP contribution in [0, 0.1) is 5.92 Å². The van der Waals surface area contributed by atoms with Gasteiger partial charge in [0.05, 0.1) is 12.9 Å². The average Bonchev–Trinajstić information content (AvgIpc) is 3.38. The van der Waals surface area contributed by atoms with E-state index in [0.717, 1.165) is 57.1 Å². The van der Waals surface area contributed by atoms with Gasteiger partial charge in [0.15, 0.2) is 0 Å². The van der Waals surface area contributed by atoms with Gasteiger partial charge >= 0.3 is 6.09 Å². The fraction of sp³-hybridized carbons (Fsp3) is 0.567. The Morgan fingerprint density at radius 1 is 1.10 bits per heavy atom. The minimum atomic E-state index is -2.76. The van der Waals surface area contributed by atoms with Crippen molar-refractivity contribution in [2.75, 3.05) is 26.0 Å². The second-order valence-corrected chi connectivity index (χ2v) is 13.8. The largest absolute Gasteiger partial charge is 0.481 e. The van der Waals surface area contributed by atoms with E-state index < -0.39 is 28.8 Å². The summed E-state index contributed by atoms with van der Waals surface area (Å²) in [6.07, 6.45) is 6.50. The number of pyridine rings is 1. The van der Waals surface area contributed by atoms with Gasteiger partial charge in [0, 0.05) is 49.4 Å². The van der Waals surface area contributed by atoms with E-state index in [4.69, 9.17) is 4.74 Å². The number of carboxylic acid groups (broad SMARTS) is 1. The number of hydrogen-bond acceptors (Lipinski definition) is 8. The molecule has 11 nitrogen and oxygen atoms in total. The zero-order chi connectivity index (χ0) is 29.7. The number of carbonyl (C=O) groups excluding carboxylic acids is 1. The van der Waals surface area contributed by atoms with Crippen molar-refractivity contribution < 1.29 is 28.5 Å². The molecule has 3 aliphatic rings. The smallest absolute Gasteiger partial charge is 0.405 e. The Kier molecular flexibility index (Phi) is 9.89. The highest BCUT2D eigenvalue weighted by Gasteiger charge is 2.40. The molecule has 2 amide bonds. The molecule has 5 rings (SSSR count). The number of fused-ring (bicyclic) bond motifs is 2. The molecule has 3 heterocycles. The van der Waals surface area contributed by atoms with Gasteiger partial charge in [-0.3, -0.25) is 13.9 Å². The van der Waals surface area contributed by atoms with Crippen LogP contribution >= 0.6 is 10.8 Å². The van der Waals surface area contributed by atoms with Crippen molar-refractivity contribution in [2.45, 2.75) is 75.0 Å². The molecule has 6 N–H and O–H groups in total. The molecule has 1 aromatic heterocycles. The third-order valence-electron chi connectivity index (χ3n) is 9.03. The molecule has 1 saturated carbocycles. The predicted molar refractivity (Wildman–Crippen MR) is 162 cm³/mol. The minimum Gasteiger partial charge on any atom is -0.481 e. The molecule has 0 radical (unpaired) electrons. The maximum Gasteiger partial charge on any atom is 0.405 e. The number of rotatable bonds is 10. The number of hydrogen-bond donors (Lipinski definition) is 6. The van der Waals surface area contributed by atoms with Crippen LogP contribution in [0.25, 0.3) is 0 Å². The highest BCUT2D eigenvalue weighted by Crippen LogP contribution is 2.49. The maximum atomic E-state index is 13.9. The zero-order valence-corrected chi connectivity index (χ0v) is 24.8. The van der Waals surface area contributed by atoms with Gasteiger partial charge in [0.1, 0.15) is 6.04 Å². The molecule has 42 heavy (non-hydrogen) atoms. The van der Waals surface area contributed by atoms with Crippen LogP contribution in [0.3, 0.4) is 0 Å². The van der Waals surface area contributed by atoms with Gasteiger partial charge in [-0.25, -0.2) is 14.1 Å². The Hall–Kier alpha value is -2.90. The summed E-state index contributed by atoms with van der Waals surface area (Å²) in [4.78, 5) is 30.2. The van der Waals surface area contributed by atoms with Gasteiger partial charge in [0.25, 0.3) is 0 Å². The Labute approximate surface area is 248 Å². The van der Waals surface area contributed by atoms with Crippen molar-refractivity contribution in [1.29, 1.82) is 0 Å². The molecule has 1 aliphatic carbocycles. The molecule has 3 fully saturated rings. The van der Waals surface area contributed by atoms with E-state index >= 15 is 0 Å². The van der Waals surface area contributed by atoms with Crippen LogP contribution in [0.5, 0.6) is 5.88 Å². The molecule has 0 spiro atoms. The second-order valence-electron chi connectivity index (χ2n) is 11.7. The van der Waals surface area contributed by atoms with E-state index in [1.54, 1.807) is 12.3 Å². The van der Waals surface area contributed by atoms with Crippen molar-refractivity contribution in [3.05, 3.63) is 59.8 Å². The van der Waals surface area contributed by atoms with Gasteiger partial charge in [-0.05, 0) is 55.6 Å². The summed E-state index contributed by atoms with van der Waals surface area (Å²) >= 11 is 0. The highest BCUT2D eigenvalue weighted by atomic mass is 32.3. The first-order valence-corrected chi connectivity index (χ1v) is 16.5. The lowest BCUT2D eigenvalue weighted by atomic mass is 9.85. The van der Waals surface area contributed by atoms with Crippen LogP contribution in [-0.4, -0.2) is 85.6 Å². The number of nitrogens with zero attached hydrogens (tertiary/aromatic N) is 2. The van der Waals surface area contributed by atoms with Gasteiger partial charge in [-0.2, -0.15) is 0 Å². The Morgan fingerprint density at radius 3 is 2.62 bits per heavy atom. The van der Waals surface area contributed by atoms with Crippen LogP contribution in [0.15, 0.2) is 48.7 Å². The fourth-order valence-corrected chi connectivity index (χ4v) is 8.76. The normalized spacial score (nSPS) is 29.0. The molecule has 2 aromatic rings. The van der Waals surface area contributed by atoms with Gasteiger partial charge in [-0.1, -0.05) is 42.8 Å². The van der Waals surface area contributed by atoms with Gasteiger partial charge < -0.3 is 25.8 Å². The summed E-state index contributed by atoms with van der Waals surface area (Å²) in [6.45, 7) is 1.38. The SMILES string of the molecule is COc1ccc([C@H](c2ccccc2)[C@H](NC(=O)O)C(=O)N[C@H]2CCC[C@@H]2CC[C@H]2CN[C@@H]3CCCS(O)(O)N2C3)cn1. The van der Waals surface area contributed by atoms with Crippen molar-refractivity contribution in [3.8, 4) is 5.88 Å². The van der Waals surface area contributed by atoms with Crippen molar-refractivity contribution in [3.63, 3.8) is 0 Å². The standard InChI is InChI=1S/C30H43N5O6S/c1-41-26-15-13-22(17-32-26)27(21-7-3-2-4-8-21)28(34-30(37)38)29(36)33-25-11-5-9-20(25)12-14-24-18-31-23-10-6-16-42(39,40)35(24)19-23/h2-4,7-8,13,15,17,20,23-25,27-28,31,34,39-40H,5-6,9-12,14,16,18-19H2,1H3,(H,33,36)(H,37,38)/t20-,23-,24+,25+,27+,28+/m1/s1. The second kappa shape index (κ2) is 13.6. The number of nitrogens with one attached hydrogen (secondary N) is 3. The molecule has 230 valence electrons. The van der Waals surface area contributed by atoms with Crippen molar-refractivity contribution in [2.24, 2.45) is 5.92 Å². The van der Waals surface area contributed by atoms with Gasteiger partial charge in [-0.15, -0.1) is 10.8 Å². The molecule has 1 unspecified atom stereocenters. The Bertz CT molecular complexity index is 1200. The van der Waals surface area contributed by atoms with Crippen LogP contribution in [0.2, 0.25) is 0 Å². The van der Waals surface area contributed by atoms with E-state index in [1.807, 2.05) is 40.7 Å². The quantitative estimate of drug-likeness (QED) is 0.237. The monoisotopic (exact) mass is 601 g/mol. The summed E-state index contributed by atoms with van der Waals surface area (Å²) in [5, 5.41) is 19.0. The zero-order valence-electron chi connectivity index (χ0n) is 24.0. The molecule has 2 saturated heterocycles. The third kappa shape index (κ3) is 7.17. The number of amides is 2. The fourth-order valence-electron chi connectivity index (χ4n) is 6.89. The average molecular weight is 602 g/mol. The van der Waals surface area contributed by atoms with E-state index in [-0.39, 0.29) is 23.9 Å². The molecule has 2 bridgehead atoms. The lowest BCUT2D eigenvalue weighted by Gasteiger charge is -2.49. The number of carbonyl (C=O) groups is 2. The number of aromatic nitrogens is 1. The Balaban J connectivity index is 1.31. The first-order valence-electron chi connectivity index (χ1n) is 14.9. The first-order chi connectivity index (χ1) is 20.2. The lowest BCUT2D eigenvalue weighted by molar-refractivity contribution is -0.124. The van der Waals surface area contributed by atoms with Crippen LogP contribution < -0.4 is 20.7 Å². The summed E-state index contributed by atoms with van der Waals surface area (Å²) in [5.41, 5.74) is 1.49. The third-order valence-corrected chi connectivity index (χ3v) is 11.1. The van der Waals surface area contributed by atoms with E-state index in [2.05, 4.69) is 20.9 Å². The summed E-state index contributed by atoms with van der Waals surface area (Å²) in [5.74, 6) is 0.104. The Morgan fingerprint density at radius 2 is 1.90 bits per heavy atom. The maximum absolute atomic E-state index is 13.9. The van der Waals surface area contributed by atoms with Crippen LogP contribution in [0.1, 0.15) is 62.0 Å². The summed E-state index contributed by atoms with van der Waals surface area (Å²) in [7, 11) is -1.24. The minimum absolute atomic E-state index is 0.0350. The number of piperazine rings is 1. The number of methoxy groups -OCH3 is 1. The molecular weight excluding hydrogens is 558 g/mol. The van der Waals surface area contributed by atoms with E-state index in [0.29, 0.717) is 29.8 Å². The summed E-state index contributed by atoms with van der Waals surface area (Å²) < 4.78 is 28.8. The topological polar surface area (TPSA) is 156 Å². The van der Waals surface area contributed by atoms with E-state index in [9.17, 15) is 23.8 Å². The van der Waals surface area contributed by atoms with Gasteiger partial charge in [0.2, 0.25) is 11.8 Å².